The van der Waals surface area contributed by atoms with E-state index >= 15 is 0 Å². The van der Waals surface area contributed by atoms with Crippen LogP contribution in [0.1, 0.15) is 470 Å². The van der Waals surface area contributed by atoms with Crippen molar-refractivity contribution >= 4 is 11.9 Å². The predicted octanol–water partition coefficient (Wildman–Crippen LogP) is 27.2. The summed E-state index contributed by atoms with van der Waals surface area (Å²) in [5.74, 6) is -0.0109. The molecule has 0 aromatic heterocycles. The van der Waals surface area contributed by atoms with Crippen molar-refractivity contribution in [1.82, 2.24) is 5.32 Å². The summed E-state index contributed by atoms with van der Waals surface area (Å²) in [5, 5.41) is 23.5. The first-order chi connectivity index (χ1) is 44.0. The molecule has 0 aliphatic rings. The Morgan fingerprint density at radius 1 is 0.303 bits per heavy atom. The Bertz CT molecular complexity index is 1400. The van der Waals surface area contributed by atoms with E-state index in [1.807, 2.05) is 0 Å². The van der Waals surface area contributed by atoms with Gasteiger partial charge < -0.3 is 20.3 Å². The van der Waals surface area contributed by atoms with E-state index < -0.39 is 12.1 Å². The summed E-state index contributed by atoms with van der Waals surface area (Å²) < 4.78 is 5.52. The molecule has 0 saturated heterocycles. The summed E-state index contributed by atoms with van der Waals surface area (Å²) in [6, 6.07) is -0.542. The minimum absolute atomic E-state index is 0.0174. The van der Waals surface area contributed by atoms with E-state index in [1.165, 1.54) is 398 Å². The third kappa shape index (κ3) is 75.3. The second kappa shape index (κ2) is 78.8. The second-order valence-electron chi connectivity index (χ2n) is 28.5. The molecule has 0 fully saturated rings. The maximum atomic E-state index is 12.6. The van der Waals surface area contributed by atoms with E-state index in [-0.39, 0.29) is 18.5 Å². The molecular formula is C83H161NO5. The van der Waals surface area contributed by atoms with E-state index in [9.17, 15) is 19.8 Å². The monoisotopic (exact) mass is 1250 g/mol. The lowest BCUT2D eigenvalue weighted by Crippen LogP contribution is -2.45. The lowest BCUT2D eigenvalue weighted by atomic mass is 10.0. The van der Waals surface area contributed by atoms with Crippen LogP contribution in [0.3, 0.4) is 0 Å². The molecule has 1 amide bonds. The molecule has 0 saturated carbocycles. The molecule has 0 aliphatic carbocycles. The van der Waals surface area contributed by atoms with Crippen LogP contribution >= 0.6 is 0 Å². The first-order valence-corrected chi connectivity index (χ1v) is 41.1. The number of allylic oxidation sites excluding steroid dienone is 4. The zero-order valence-electron chi connectivity index (χ0n) is 60.7. The molecule has 0 bridgehead atoms. The van der Waals surface area contributed by atoms with Crippen LogP contribution < -0.4 is 5.32 Å². The number of rotatable bonds is 78. The number of carbonyl (C=O) groups excluding carboxylic acids is 2. The molecule has 0 aromatic rings. The molecule has 0 spiro atoms. The van der Waals surface area contributed by atoms with Crippen molar-refractivity contribution in [2.75, 3.05) is 13.2 Å². The number of ether oxygens (including phenoxy) is 1. The van der Waals surface area contributed by atoms with Gasteiger partial charge in [-0.3, -0.25) is 9.59 Å². The van der Waals surface area contributed by atoms with Gasteiger partial charge in [-0.05, 0) is 77.0 Å². The Morgan fingerprint density at radius 3 is 0.798 bits per heavy atom. The van der Waals surface area contributed by atoms with Crippen LogP contribution in [0.5, 0.6) is 0 Å². The zero-order chi connectivity index (χ0) is 64.2. The van der Waals surface area contributed by atoms with E-state index in [1.54, 1.807) is 0 Å². The van der Waals surface area contributed by atoms with Crippen molar-refractivity contribution in [3.63, 3.8) is 0 Å². The highest BCUT2D eigenvalue weighted by Crippen LogP contribution is 2.20. The molecule has 0 aliphatic heterocycles. The van der Waals surface area contributed by atoms with Gasteiger partial charge in [0.2, 0.25) is 5.91 Å². The second-order valence-corrected chi connectivity index (χ2v) is 28.5. The molecule has 6 nitrogen and oxygen atoms in total. The summed E-state index contributed by atoms with van der Waals surface area (Å²) in [7, 11) is 0. The topological polar surface area (TPSA) is 95.9 Å². The van der Waals surface area contributed by atoms with Crippen molar-refractivity contribution in [3.05, 3.63) is 24.3 Å². The van der Waals surface area contributed by atoms with Crippen LogP contribution in [0.25, 0.3) is 0 Å². The Labute approximate surface area is 558 Å². The van der Waals surface area contributed by atoms with Crippen LogP contribution in [0, 0.1) is 0 Å². The maximum absolute atomic E-state index is 12.6. The highest BCUT2D eigenvalue weighted by molar-refractivity contribution is 5.76. The minimum atomic E-state index is -0.665. The number of aliphatic hydroxyl groups excluding tert-OH is 2. The predicted molar refractivity (Wildman–Crippen MR) is 393 cm³/mol. The van der Waals surface area contributed by atoms with Crippen LogP contribution in [-0.2, 0) is 14.3 Å². The van der Waals surface area contributed by atoms with Crippen LogP contribution in [0.15, 0.2) is 24.3 Å². The molecule has 6 heteroatoms. The molecule has 2 unspecified atom stereocenters. The van der Waals surface area contributed by atoms with E-state index in [0.717, 1.165) is 38.5 Å². The molecule has 528 valence electrons. The summed E-state index contributed by atoms with van der Waals surface area (Å²) in [6.07, 6.45) is 101. The van der Waals surface area contributed by atoms with Gasteiger partial charge in [0.25, 0.3) is 0 Å². The highest BCUT2D eigenvalue weighted by atomic mass is 16.5. The van der Waals surface area contributed by atoms with Crippen LogP contribution in [0.4, 0.5) is 0 Å². The number of aliphatic hydroxyl groups is 2. The lowest BCUT2D eigenvalue weighted by Gasteiger charge is -2.22. The first kappa shape index (κ1) is 87.3. The van der Waals surface area contributed by atoms with Gasteiger partial charge in [0.05, 0.1) is 25.4 Å². The average molecular weight is 1250 g/mol. The van der Waals surface area contributed by atoms with E-state index in [2.05, 4.69) is 43.5 Å². The third-order valence-electron chi connectivity index (χ3n) is 19.5. The largest absolute Gasteiger partial charge is 0.466 e. The first-order valence-electron chi connectivity index (χ1n) is 41.1. The van der Waals surface area contributed by atoms with Gasteiger partial charge in [-0.1, -0.05) is 404 Å². The van der Waals surface area contributed by atoms with Gasteiger partial charge in [-0.25, -0.2) is 0 Å². The van der Waals surface area contributed by atoms with E-state index in [4.69, 9.17) is 4.74 Å². The summed E-state index contributed by atoms with van der Waals surface area (Å²) >= 11 is 0. The van der Waals surface area contributed by atoms with Crippen molar-refractivity contribution in [2.45, 2.75) is 482 Å². The van der Waals surface area contributed by atoms with Gasteiger partial charge in [-0.15, -0.1) is 0 Å². The quantitative estimate of drug-likeness (QED) is 0.0320. The van der Waals surface area contributed by atoms with Gasteiger partial charge in [0.1, 0.15) is 0 Å². The normalized spacial score (nSPS) is 12.5. The number of unbranched alkanes of at least 4 members (excludes halogenated alkanes) is 63. The summed E-state index contributed by atoms with van der Waals surface area (Å²) in [5.41, 5.74) is 0. The molecule has 0 aromatic carbocycles. The lowest BCUT2D eigenvalue weighted by molar-refractivity contribution is -0.143. The van der Waals surface area contributed by atoms with Gasteiger partial charge in [0, 0.05) is 12.8 Å². The number of hydrogen-bond donors (Lipinski definition) is 3. The minimum Gasteiger partial charge on any atom is -0.466 e. The Balaban J connectivity index is 3.36. The van der Waals surface area contributed by atoms with Crippen LogP contribution in [0.2, 0.25) is 0 Å². The number of nitrogens with one attached hydrogen (secondary N) is 1. The number of amides is 1. The Kier molecular flexibility index (Phi) is 77.3. The maximum Gasteiger partial charge on any atom is 0.305 e. The van der Waals surface area contributed by atoms with E-state index in [0.29, 0.717) is 25.9 Å². The average Bonchev–Trinajstić information content (AvgIpc) is 3.56. The fourth-order valence-electron chi connectivity index (χ4n) is 13.2. The van der Waals surface area contributed by atoms with Crippen molar-refractivity contribution in [2.24, 2.45) is 0 Å². The fraction of sp³-hybridized carbons (Fsp3) is 0.928. The summed E-state index contributed by atoms with van der Waals surface area (Å²) in [4.78, 5) is 24.7. The molecule has 2 atom stereocenters. The molecule has 0 radical (unpaired) electrons. The molecular weight excluding hydrogens is 1090 g/mol. The fourth-order valence-corrected chi connectivity index (χ4v) is 13.2. The molecule has 0 heterocycles. The Morgan fingerprint density at radius 2 is 0.528 bits per heavy atom. The summed E-state index contributed by atoms with van der Waals surface area (Å²) in [6.45, 7) is 5.00. The standard InChI is InChI=1S/C83H161NO5/c1-3-5-7-9-11-13-15-17-19-21-23-24-25-33-36-40-43-47-51-55-59-63-67-71-75-81(86)80(79-85)84-82(87)76-72-68-64-60-56-52-48-44-41-37-34-31-29-27-26-28-30-32-35-38-42-46-50-54-58-62-66-70-74-78-89-83(88)77-73-69-65-61-57-53-49-45-39-22-20-18-16-14-12-10-8-6-4-2/h18,20,26,28,80-81,85-86H,3-17,19,21-25,27,29-79H2,1-2H3,(H,84,87)/b20-18-,28-26-. The third-order valence-corrected chi connectivity index (χ3v) is 19.5. The van der Waals surface area contributed by atoms with Crippen molar-refractivity contribution in [1.29, 1.82) is 0 Å². The van der Waals surface area contributed by atoms with Crippen molar-refractivity contribution < 1.29 is 24.5 Å². The van der Waals surface area contributed by atoms with Gasteiger partial charge >= 0.3 is 5.97 Å². The number of carbonyl (C=O) groups is 2. The molecule has 0 rings (SSSR count). The number of hydrogen-bond acceptors (Lipinski definition) is 5. The SMILES string of the molecule is CCCCCCCC/C=C\CCCCCCCCCCCC(=O)OCCCCCCCCCCCCCC/C=C\CCCCCCCCCCCCCCCC(=O)NC(CO)C(O)CCCCCCCCCCCCCCCCCCCCCCCCCC. The molecule has 89 heavy (non-hydrogen) atoms. The smallest absolute Gasteiger partial charge is 0.305 e. The number of esters is 1. The van der Waals surface area contributed by atoms with Gasteiger partial charge in [-0.2, -0.15) is 0 Å². The van der Waals surface area contributed by atoms with Gasteiger partial charge in [0.15, 0.2) is 0 Å². The Hall–Kier alpha value is -1.66. The highest BCUT2D eigenvalue weighted by Gasteiger charge is 2.20. The van der Waals surface area contributed by atoms with Crippen LogP contribution in [-0.4, -0.2) is 47.4 Å². The zero-order valence-corrected chi connectivity index (χ0v) is 60.7. The molecule has 3 N–H and O–H groups in total. The van der Waals surface area contributed by atoms with Crippen molar-refractivity contribution in [3.8, 4) is 0 Å².